The average molecular weight is 219 g/mol. The normalized spacial score (nSPS) is 14.3. The fourth-order valence-corrected chi connectivity index (χ4v) is 1.25. The van der Waals surface area contributed by atoms with Crippen LogP contribution in [0.15, 0.2) is 0 Å². The van der Waals surface area contributed by atoms with Gasteiger partial charge < -0.3 is 16.0 Å². The monoisotopic (exact) mass is 219 g/mol. The first-order valence-corrected chi connectivity index (χ1v) is 5.00. The molecule has 6 heteroatoms. The van der Waals surface area contributed by atoms with E-state index in [-0.39, 0.29) is 17.9 Å². The first kappa shape index (κ1) is 13.2. The highest BCUT2D eigenvalue weighted by atomic mass is 32.1. The van der Waals surface area contributed by atoms with Crippen molar-refractivity contribution >= 4 is 24.4 Å². The summed E-state index contributed by atoms with van der Waals surface area (Å²) in [5.41, 5.74) is 0. The van der Waals surface area contributed by atoms with Crippen LogP contribution in [0.4, 0.5) is 0 Å². The molecule has 0 bridgehead atoms. The average Bonchev–Trinajstić information content (AvgIpc) is 2.18. The SMILES string of the molecule is CNC(=O)[C@H](C)NC(=O)[C@H](CS)NC. The third kappa shape index (κ3) is 3.97. The number of rotatable bonds is 5. The minimum Gasteiger partial charge on any atom is -0.357 e. The number of likely N-dealkylation sites (N-methyl/N-ethyl adjacent to an activating group) is 2. The van der Waals surface area contributed by atoms with Crippen molar-refractivity contribution < 1.29 is 9.59 Å². The molecule has 82 valence electrons. The van der Waals surface area contributed by atoms with Crippen LogP contribution in [0.2, 0.25) is 0 Å². The molecule has 0 aliphatic heterocycles. The van der Waals surface area contributed by atoms with Crippen LogP contribution in [0.5, 0.6) is 0 Å². The first-order chi connectivity index (χ1) is 6.56. The van der Waals surface area contributed by atoms with E-state index >= 15 is 0 Å². The molecule has 2 atom stereocenters. The summed E-state index contributed by atoms with van der Waals surface area (Å²) in [7, 11) is 3.20. The summed E-state index contributed by atoms with van der Waals surface area (Å²) in [5, 5.41) is 7.82. The molecule has 0 radical (unpaired) electrons. The molecule has 0 saturated heterocycles. The lowest BCUT2D eigenvalue weighted by molar-refractivity contribution is -0.129. The maximum atomic E-state index is 11.4. The Hall–Kier alpha value is -0.750. The molecule has 0 aliphatic rings. The molecule has 0 rings (SSSR count). The maximum absolute atomic E-state index is 11.4. The molecule has 0 aromatic carbocycles. The fourth-order valence-electron chi connectivity index (χ4n) is 0.901. The lowest BCUT2D eigenvalue weighted by atomic mass is 10.2. The standard InChI is InChI=1S/C8H17N3O2S/c1-5(7(12)10-3)11-8(13)6(4-14)9-2/h5-6,9,14H,4H2,1-3H3,(H,10,12)(H,11,13)/t5-,6-/m0/s1. The van der Waals surface area contributed by atoms with Crippen LogP contribution in [-0.4, -0.2) is 43.7 Å². The first-order valence-electron chi connectivity index (χ1n) is 4.36. The van der Waals surface area contributed by atoms with E-state index in [0.717, 1.165) is 0 Å². The minimum absolute atomic E-state index is 0.215. The molecular formula is C8H17N3O2S. The van der Waals surface area contributed by atoms with Gasteiger partial charge in [-0.25, -0.2) is 0 Å². The molecule has 3 N–H and O–H groups in total. The Morgan fingerprint density at radius 2 is 1.86 bits per heavy atom. The van der Waals surface area contributed by atoms with Gasteiger partial charge in [0.15, 0.2) is 0 Å². The van der Waals surface area contributed by atoms with E-state index < -0.39 is 6.04 Å². The molecule has 0 heterocycles. The van der Waals surface area contributed by atoms with Gasteiger partial charge in [-0.2, -0.15) is 12.6 Å². The molecule has 0 spiro atoms. The van der Waals surface area contributed by atoms with Crippen LogP contribution in [0.3, 0.4) is 0 Å². The van der Waals surface area contributed by atoms with E-state index in [2.05, 4.69) is 28.6 Å². The van der Waals surface area contributed by atoms with E-state index in [9.17, 15) is 9.59 Å². The zero-order valence-electron chi connectivity index (χ0n) is 8.63. The molecule has 5 nitrogen and oxygen atoms in total. The third-order valence-electron chi connectivity index (χ3n) is 1.85. The predicted octanol–water partition coefficient (Wildman–Crippen LogP) is -1.25. The second-order valence-electron chi connectivity index (χ2n) is 2.87. The number of thiol groups is 1. The van der Waals surface area contributed by atoms with Gasteiger partial charge in [-0.05, 0) is 14.0 Å². The Labute approximate surface area is 89.4 Å². The lowest BCUT2D eigenvalue weighted by Gasteiger charge is -2.17. The largest absolute Gasteiger partial charge is 0.357 e. The zero-order chi connectivity index (χ0) is 11.1. The summed E-state index contributed by atoms with van der Waals surface area (Å²) < 4.78 is 0. The van der Waals surface area contributed by atoms with E-state index in [0.29, 0.717) is 5.75 Å². The van der Waals surface area contributed by atoms with Crippen molar-refractivity contribution in [2.45, 2.75) is 19.0 Å². The molecule has 0 aromatic rings. The van der Waals surface area contributed by atoms with Crippen LogP contribution in [0.1, 0.15) is 6.92 Å². The predicted molar refractivity (Wildman–Crippen MR) is 58.4 cm³/mol. The number of hydrogen-bond acceptors (Lipinski definition) is 4. The molecule has 0 saturated carbocycles. The fraction of sp³-hybridized carbons (Fsp3) is 0.750. The smallest absolute Gasteiger partial charge is 0.242 e. The van der Waals surface area contributed by atoms with Crippen molar-refractivity contribution in [1.82, 2.24) is 16.0 Å². The van der Waals surface area contributed by atoms with Crippen molar-refractivity contribution in [3.63, 3.8) is 0 Å². The minimum atomic E-state index is -0.525. The third-order valence-corrected chi connectivity index (χ3v) is 2.21. The Balaban J connectivity index is 4.10. The molecule has 2 amide bonds. The van der Waals surface area contributed by atoms with Gasteiger partial charge in [0.2, 0.25) is 11.8 Å². The highest BCUT2D eigenvalue weighted by Gasteiger charge is 2.19. The van der Waals surface area contributed by atoms with Crippen molar-refractivity contribution in [2.75, 3.05) is 19.8 Å². The van der Waals surface area contributed by atoms with Crippen LogP contribution < -0.4 is 16.0 Å². The van der Waals surface area contributed by atoms with E-state index in [1.807, 2.05) is 0 Å². The second kappa shape index (κ2) is 6.67. The molecule has 0 aromatic heterocycles. The number of carbonyl (C=O) groups excluding carboxylic acids is 2. The van der Waals surface area contributed by atoms with Crippen molar-refractivity contribution in [3.8, 4) is 0 Å². The maximum Gasteiger partial charge on any atom is 0.242 e. The van der Waals surface area contributed by atoms with Crippen molar-refractivity contribution in [1.29, 1.82) is 0 Å². The molecule has 0 unspecified atom stereocenters. The molecule has 14 heavy (non-hydrogen) atoms. The summed E-state index contributed by atoms with van der Waals surface area (Å²) >= 11 is 4.01. The summed E-state index contributed by atoms with van der Waals surface area (Å²) in [6, 6.07) is -0.895. The quantitative estimate of drug-likeness (QED) is 0.437. The van der Waals surface area contributed by atoms with Gasteiger partial charge in [0, 0.05) is 12.8 Å². The Morgan fingerprint density at radius 1 is 1.29 bits per heavy atom. The highest BCUT2D eigenvalue weighted by molar-refractivity contribution is 7.80. The van der Waals surface area contributed by atoms with E-state index in [1.54, 1.807) is 14.0 Å². The zero-order valence-corrected chi connectivity index (χ0v) is 9.52. The number of nitrogens with one attached hydrogen (secondary N) is 3. The van der Waals surface area contributed by atoms with Gasteiger partial charge >= 0.3 is 0 Å². The van der Waals surface area contributed by atoms with Gasteiger partial charge in [0.25, 0.3) is 0 Å². The lowest BCUT2D eigenvalue weighted by Crippen LogP contribution is -2.51. The van der Waals surface area contributed by atoms with Crippen molar-refractivity contribution in [3.05, 3.63) is 0 Å². The van der Waals surface area contributed by atoms with Crippen LogP contribution in [0, 0.1) is 0 Å². The van der Waals surface area contributed by atoms with Crippen LogP contribution in [0.25, 0.3) is 0 Å². The summed E-state index contributed by atoms with van der Waals surface area (Å²) in [5.74, 6) is -0.0473. The van der Waals surface area contributed by atoms with E-state index in [4.69, 9.17) is 0 Å². The number of hydrogen-bond donors (Lipinski definition) is 4. The topological polar surface area (TPSA) is 70.2 Å². The second-order valence-corrected chi connectivity index (χ2v) is 3.23. The van der Waals surface area contributed by atoms with Gasteiger partial charge in [-0.3, -0.25) is 9.59 Å². The van der Waals surface area contributed by atoms with Gasteiger partial charge in [0.1, 0.15) is 6.04 Å². The summed E-state index contributed by atoms with van der Waals surface area (Å²) in [6.07, 6.45) is 0. The molecule has 0 fully saturated rings. The molecule has 0 aliphatic carbocycles. The van der Waals surface area contributed by atoms with Crippen molar-refractivity contribution in [2.24, 2.45) is 0 Å². The Bertz CT molecular complexity index is 207. The highest BCUT2D eigenvalue weighted by Crippen LogP contribution is 1.89. The Kier molecular flexibility index (Phi) is 6.31. The summed E-state index contributed by atoms with van der Waals surface area (Å²) in [4.78, 5) is 22.5. The number of amides is 2. The van der Waals surface area contributed by atoms with Gasteiger partial charge in [-0.15, -0.1) is 0 Å². The van der Waals surface area contributed by atoms with Crippen LogP contribution in [-0.2, 0) is 9.59 Å². The molecular weight excluding hydrogens is 202 g/mol. The Morgan fingerprint density at radius 3 is 2.21 bits per heavy atom. The van der Waals surface area contributed by atoms with Gasteiger partial charge in [-0.1, -0.05) is 0 Å². The van der Waals surface area contributed by atoms with E-state index in [1.165, 1.54) is 7.05 Å². The van der Waals surface area contributed by atoms with Gasteiger partial charge in [0.05, 0.1) is 6.04 Å². The summed E-state index contributed by atoms with van der Waals surface area (Å²) in [6.45, 7) is 1.63. The number of carbonyl (C=O) groups is 2. The van der Waals surface area contributed by atoms with Crippen LogP contribution >= 0.6 is 12.6 Å².